The largest absolute Gasteiger partial charge is 0.379 e. The highest BCUT2D eigenvalue weighted by Crippen LogP contribution is 2.14. The summed E-state index contributed by atoms with van der Waals surface area (Å²) >= 11 is 0. The predicted octanol–water partition coefficient (Wildman–Crippen LogP) is 2.48. The molecule has 1 aromatic carbocycles. The molecule has 16 heavy (non-hydrogen) atoms. The zero-order valence-electron chi connectivity index (χ0n) is 9.37. The first-order valence-corrected chi connectivity index (χ1v) is 5.11. The third-order valence-corrected chi connectivity index (χ3v) is 2.43. The molecule has 1 aromatic heterocycles. The zero-order valence-corrected chi connectivity index (χ0v) is 9.37. The summed E-state index contributed by atoms with van der Waals surface area (Å²) in [7, 11) is 1.93. The fourth-order valence-electron chi connectivity index (χ4n) is 1.59. The molecule has 1 heterocycles. The number of rotatable bonds is 3. The fraction of sp³-hybridized carbons (Fsp3) is 0.250. The summed E-state index contributed by atoms with van der Waals surface area (Å²) in [6, 6.07) is 4.91. The summed E-state index contributed by atoms with van der Waals surface area (Å²) in [5.41, 5.74) is 2.76. The standard InChI is InChI=1S/C12H14FN3/c1-9-3-10(13)5-11(4-9)15-7-12-6-14-8-16(12)2/h3-6,8,15H,7H2,1-2H3. The van der Waals surface area contributed by atoms with E-state index in [1.165, 1.54) is 12.1 Å². The number of hydrogen-bond acceptors (Lipinski definition) is 2. The van der Waals surface area contributed by atoms with Crippen LogP contribution in [0.4, 0.5) is 10.1 Å². The number of nitrogens with one attached hydrogen (secondary N) is 1. The summed E-state index contributed by atoms with van der Waals surface area (Å²) in [6.45, 7) is 2.51. The van der Waals surface area contributed by atoms with Gasteiger partial charge in [0.05, 0.1) is 18.6 Å². The number of aromatic nitrogens is 2. The van der Waals surface area contributed by atoms with Gasteiger partial charge in [-0.1, -0.05) is 0 Å². The Labute approximate surface area is 93.9 Å². The van der Waals surface area contributed by atoms with Crippen molar-refractivity contribution in [3.8, 4) is 0 Å². The van der Waals surface area contributed by atoms with Gasteiger partial charge in [0, 0.05) is 18.9 Å². The molecule has 0 atom stereocenters. The number of hydrogen-bond donors (Lipinski definition) is 1. The average molecular weight is 219 g/mol. The van der Waals surface area contributed by atoms with Crippen molar-refractivity contribution in [2.75, 3.05) is 5.32 Å². The van der Waals surface area contributed by atoms with Crippen molar-refractivity contribution in [2.24, 2.45) is 7.05 Å². The Hall–Kier alpha value is -1.84. The third kappa shape index (κ3) is 2.39. The minimum absolute atomic E-state index is 0.215. The Bertz CT molecular complexity index is 471. The minimum atomic E-state index is -0.215. The van der Waals surface area contributed by atoms with E-state index < -0.39 is 0 Å². The van der Waals surface area contributed by atoms with Gasteiger partial charge in [0.2, 0.25) is 0 Å². The summed E-state index contributed by atoms with van der Waals surface area (Å²) < 4.78 is 15.0. The lowest BCUT2D eigenvalue weighted by atomic mass is 10.2. The average Bonchev–Trinajstić information content (AvgIpc) is 2.59. The number of halogens is 1. The van der Waals surface area contributed by atoms with E-state index in [1.54, 1.807) is 12.5 Å². The van der Waals surface area contributed by atoms with Gasteiger partial charge in [0.25, 0.3) is 0 Å². The summed E-state index contributed by atoms with van der Waals surface area (Å²) in [4.78, 5) is 4.02. The number of imidazole rings is 1. The Morgan fingerprint density at radius 1 is 1.38 bits per heavy atom. The van der Waals surface area contributed by atoms with Crippen molar-refractivity contribution in [2.45, 2.75) is 13.5 Å². The van der Waals surface area contributed by atoms with Crippen LogP contribution in [0.2, 0.25) is 0 Å². The smallest absolute Gasteiger partial charge is 0.125 e. The van der Waals surface area contributed by atoms with Crippen molar-refractivity contribution in [3.05, 3.63) is 47.8 Å². The highest BCUT2D eigenvalue weighted by Gasteiger charge is 2.00. The third-order valence-electron chi connectivity index (χ3n) is 2.43. The van der Waals surface area contributed by atoms with E-state index in [1.807, 2.05) is 24.6 Å². The molecular formula is C12H14FN3. The quantitative estimate of drug-likeness (QED) is 0.859. The molecule has 0 fully saturated rings. The van der Waals surface area contributed by atoms with Crippen LogP contribution in [0.15, 0.2) is 30.7 Å². The van der Waals surface area contributed by atoms with E-state index >= 15 is 0 Å². The first-order chi connectivity index (χ1) is 7.65. The van der Waals surface area contributed by atoms with Gasteiger partial charge in [-0.25, -0.2) is 9.37 Å². The normalized spacial score (nSPS) is 10.4. The van der Waals surface area contributed by atoms with Crippen LogP contribution in [0, 0.1) is 12.7 Å². The van der Waals surface area contributed by atoms with E-state index in [2.05, 4.69) is 10.3 Å². The van der Waals surface area contributed by atoms with Crippen LogP contribution in [0.1, 0.15) is 11.3 Å². The minimum Gasteiger partial charge on any atom is -0.379 e. The van der Waals surface area contributed by atoms with Crippen molar-refractivity contribution in [3.63, 3.8) is 0 Å². The predicted molar refractivity (Wildman–Crippen MR) is 61.7 cm³/mol. The van der Waals surface area contributed by atoms with Crippen molar-refractivity contribution < 1.29 is 4.39 Å². The molecule has 4 heteroatoms. The number of nitrogens with zero attached hydrogens (tertiary/aromatic N) is 2. The Balaban J connectivity index is 2.07. The van der Waals surface area contributed by atoms with Gasteiger partial charge in [-0.05, 0) is 30.7 Å². The van der Waals surface area contributed by atoms with Gasteiger partial charge >= 0.3 is 0 Å². The van der Waals surface area contributed by atoms with Gasteiger partial charge in [0.15, 0.2) is 0 Å². The SMILES string of the molecule is Cc1cc(F)cc(NCc2cncn2C)c1. The molecule has 3 nitrogen and oxygen atoms in total. The van der Waals surface area contributed by atoms with E-state index in [-0.39, 0.29) is 5.82 Å². The molecule has 2 aromatic rings. The van der Waals surface area contributed by atoms with Gasteiger partial charge < -0.3 is 9.88 Å². The maximum Gasteiger partial charge on any atom is 0.125 e. The zero-order chi connectivity index (χ0) is 11.5. The van der Waals surface area contributed by atoms with Crippen molar-refractivity contribution in [1.29, 1.82) is 0 Å². The topological polar surface area (TPSA) is 29.9 Å². The Morgan fingerprint density at radius 2 is 2.19 bits per heavy atom. The highest BCUT2D eigenvalue weighted by molar-refractivity contribution is 5.46. The molecule has 0 unspecified atom stereocenters. The van der Waals surface area contributed by atoms with E-state index in [0.29, 0.717) is 6.54 Å². The van der Waals surface area contributed by atoms with Gasteiger partial charge in [-0.3, -0.25) is 0 Å². The fourth-order valence-corrected chi connectivity index (χ4v) is 1.59. The number of anilines is 1. The number of aryl methyl sites for hydroxylation is 2. The summed E-state index contributed by atoms with van der Waals surface area (Å²) in [6.07, 6.45) is 3.53. The molecule has 84 valence electrons. The summed E-state index contributed by atoms with van der Waals surface area (Å²) in [5.74, 6) is -0.215. The van der Waals surface area contributed by atoms with E-state index in [0.717, 1.165) is 16.9 Å². The first-order valence-electron chi connectivity index (χ1n) is 5.11. The monoisotopic (exact) mass is 219 g/mol. The lowest BCUT2D eigenvalue weighted by Crippen LogP contribution is -2.04. The van der Waals surface area contributed by atoms with Crippen LogP contribution in [0.3, 0.4) is 0 Å². The molecule has 0 saturated carbocycles. The molecule has 0 radical (unpaired) electrons. The van der Waals surface area contributed by atoms with Crippen LogP contribution in [-0.2, 0) is 13.6 Å². The lowest BCUT2D eigenvalue weighted by molar-refractivity contribution is 0.627. The van der Waals surface area contributed by atoms with Crippen LogP contribution in [-0.4, -0.2) is 9.55 Å². The van der Waals surface area contributed by atoms with Crippen LogP contribution in [0.5, 0.6) is 0 Å². The van der Waals surface area contributed by atoms with Gasteiger partial charge in [0.1, 0.15) is 5.82 Å². The molecule has 0 aliphatic rings. The maximum absolute atomic E-state index is 13.1. The van der Waals surface area contributed by atoms with Gasteiger partial charge in [-0.2, -0.15) is 0 Å². The lowest BCUT2D eigenvalue weighted by Gasteiger charge is -2.07. The Kier molecular flexibility index (Phi) is 2.90. The van der Waals surface area contributed by atoms with Crippen LogP contribution >= 0.6 is 0 Å². The number of benzene rings is 1. The van der Waals surface area contributed by atoms with E-state index in [4.69, 9.17) is 0 Å². The second-order valence-corrected chi connectivity index (χ2v) is 3.87. The second-order valence-electron chi connectivity index (χ2n) is 3.87. The molecule has 0 amide bonds. The first kappa shape index (κ1) is 10.7. The highest BCUT2D eigenvalue weighted by atomic mass is 19.1. The molecular weight excluding hydrogens is 205 g/mol. The Morgan fingerprint density at radius 3 is 2.81 bits per heavy atom. The molecule has 0 aliphatic heterocycles. The van der Waals surface area contributed by atoms with Crippen molar-refractivity contribution >= 4 is 5.69 Å². The molecule has 0 bridgehead atoms. The maximum atomic E-state index is 13.1. The van der Waals surface area contributed by atoms with Gasteiger partial charge in [-0.15, -0.1) is 0 Å². The second kappa shape index (κ2) is 4.35. The van der Waals surface area contributed by atoms with E-state index in [9.17, 15) is 4.39 Å². The van der Waals surface area contributed by atoms with Crippen molar-refractivity contribution in [1.82, 2.24) is 9.55 Å². The molecule has 1 N–H and O–H groups in total. The molecule has 0 aliphatic carbocycles. The molecule has 0 spiro atoms. The molecule has 0 saturated heterocycles. The van der Waals surface area contributed by atoms with Crippen LogP contribution < -0.4 is 5.32 Å². The molecule has 2 rings (SSSR count). The van der Waals surface area contributed by atoms with Crippen LogP contribution in [0.25, 0.3) is 0 Å². The summed E-state index contributed by atoms with van der Waals surface area (Å²) in [5, 5.41) is 3.17.